The second kappa shape index (κ2) is 9.51. The molecule has 1 saturated carbocycles. The van der Waals surface area contributed by atoms with E-state index < -0.39 is 40.5 Å². The van der Waals surface area contributed by atoms with Gasteiger partial charge >= 0.3 is 12.2 Å². The standard InChI is InChI=1S/C29H42N4O7/c1-26(2,3)39-24(35)31-23(32-25(36)40-27(4,5)6)30-17-11-12-29(37-8)19-15-16-9-10-18(34)21-20(16)28(29,22(17)38-21)13-14-33(19)7/h9-10,17,19,22,34H,11-15H2,1-8H3,(H2,30,31,32,35,36)/t17?,19-,22?,28+,29-/m1/s1. The Kier molecular flexibility index (Phi) is 6.77. The molecule has 2 unspecified atom stereocenters. The minimum Gasteiger partial charge on any atom is -0.504 e. The molecule has 1 saturated heterocycles. The van der Waals surface area contributed by atoms with Gasteiger partial charge in [-0.1, -0.05) is 6.07 Å². The van der Waals surface area contributed by atoms with Crippen LogP contribution in [0.15, 0.2) is 17.1 Å². The van der Waals surface area contributed by atoms with Gasteiger partial charge in [0.15, 0.2) is 11.5 Å². The van der Waals surface area contributed by atoms with Crippen molar-refractivity contribution in [2.75, 3.05) is 20.7 Å². The first-order valence-corrected chi connectivity index (χ1v) is 14.0. The maximum Gasteiger partial charge on any atom is 0.437 e. The average molecular weight is 559 g/mol. The van der Waals surface area contributed by atoms with E-state index in [-0.39, 0.29) is 23.8 Å². The molecule has 2 aliphatic heterocycles. The smallest absolute Gasteiger partial charge is 0.437 e. The molecule has 220 valence electrons. The first-order valence-electron chi connectivity index (χ1n) is 14.0. The van der Waals surface area contributed by atoms with Crippen molar-refractivity contribution in [2.24, 2.45) is 4.99 Å². The number of phenolic OH excluding ortho intramolecular Hbond substituents is 1. The van der Waals surface area contributed by atoms with E-state index in [0.717, 1.165) is 30.5 Å². The molecule has 0 aromatic heterocycles. The highest BCUT2D eigenvalue weighted by atomic mass is 16.6. The number of aliphatic imine (C=N–C) groups is 1. The van der Waals surface area contributed by atoms with Crippen LogP contribution in [-0.4, -0.2) is 83.8 Å². The van der Waals surface area contributed by atoms with E-state index >= 15 is 0 Å². The molecule has 2 aliphatic carbocycles. The van der Waals surface area contributed by atoms with Crippen LogP contribution in [0.2, 0.25) is 0 Å². The molecule has 2 bridgehead atoms. The molecule has 4 aliphatic rings. The molecular weight excluding hydrogens is 516 g/mol. The lowest BCUT2D eigenvalue weighted by molar-refractivity contribution is -0.202. The Bertz CT molecular complexity index is 1240. The highest BCUT2D eigenvalue weighted by Gasteiger charge is 2.73. The van der Waals surface area contributed by atoms with Gasteiger partial charge in [-0.05, 0) is 92.4 Å². The van der Waals surface area contributed by atoms with Crippen molar-refractivity contribution in [2.45, 2.75) is 108 Å². The third kappa shape index (κ3) is 4.56. The minimum atomic E-state index is -0.848. The molecule has 1 aromatic rings. The second-order valence-corrected chi connectivity index (χ2v) is 13.4. The van der Waals surface area contributed by atoms with Crippen LogP contribution in [0.4, 0.5) is 9.59 Å². The largest absolute Gasteiger partial charge is 0.504 e. The lowest BCUT2D eigenvalue weighted by atomic mass is 9.48. The third-order valence-electron chi connectivity index (χ3n) is 8.59. The summed E-state index contributed by atoms with van der Waals surface area (Å²) in [5.41, 5.74) is -0.432. The molecule has 1 aromatic carbocycles. The quantitative estimate of drug-likeness (QED) is 0.368. The fourth-order valence-corrected chi connectivity index (χ4v) is 7.34. The monoisotopic (exact) mass is 558 g/mol. The van der Waals surface area contributed by atoms with Crippen LogP contribution < -0.4 is 15.4 Å². The van der Waals surface area contributed by atoms with Gasteiger partial charge in [0.2, 0.25) is 5.96 Å². The lowest BCUT2D eigenvalue weighted by Crippen LogP contribution is -2.78. The number of guanidine groups is 1. The molecular formula is C29H42N4O7. The Morgan fingerprint density at radius 2 is 1.82 bits per heavy atom. The SMILES string of the molecule is CO[C@@]12CCC(NC(=NC(=O)OC(C)(C)C)NC(=O)OC(C)(C)C)C3Oc4c(O)ccc5c4[C@@]31CCN(C)[C@@H]2C5. The summed E-state index contributed by atoms with van der Waals surface area (Å²) in [6.07, 6.45) is 0.819. The first kappa shape index (κ1) is 28.5. The number of benzene rings is 1. The van der Waals surface area contributed by atoms with E-state index in [4.69, 9.17) is 18.9 Å². The summed E-state index contributed by atoms with van der Waals surface area (Å²) in [4.78, 5) is 31.9. The number of hydrogen-bond acceptors (Lipinski definition) is 8. The number of ether oxygens (including phenoxy) is 4. The van der Waals surface area contributed by atoms with E-state index in [9.17, 15) is 14.7 Å². The predicted molar refractivity (Wildman–Crippen MR) is 148 cm³/mol. The Balaban J connectivity index is 1.53. The van der Waals surface area contributed by atoms with Crippen molar-refractivity contribution in [3.05, 3.63) is 23.3 Å². The summed E-state index contributed by atoms with van der Waals surface area (Å²) in [5.74, 6) is 0.503. The van der Waals surface area contributed by atoms with Crippen LogP contribution in [0.25, 0.3) is 0 Å². The first-order chi connectivity index (χ1) is 18.6. The summed E-state index contributed by atoms with van der Waals surface area (Å²) in [5, 5.41) is 16.8. The zero-order chi connectivity index (χ0) is 29.3. The van der Waals surface area contributed by atoms with Crippen LogP contribution in [-0.2, 0) is 26.0 Å². The van der Waals surface area contributed by atoms with Gasteiger partial charge < -0.3 is 34.3 Å². The number of hydrogen-bond donors (Lipinski definition) is 3. The number of nitrogens with zero attached hydrogens (tertiary/aromatic N) is 2. The number of rotatable bonds is 2. The normalized spacial score (nSPS) is 31.1. The van der Waals surface area contributed by atoms with Crippen molar-refractivity contribution in [1.82, 2.24) is 15.5 Å². The fraction of sp³-hybridized carbons (Fsp3) is 0.690. The van der Waals surface area contributed by atoms with Crippen LogP contribution in [0, 0.1) is 0 Å². The Morgan fingerprint density at radius 3 is 2.48 bits per heavy atom. The molecule has 5 atom stereocenters. The Labute approximate surface area is 235 Å². The average Bonchev–Trinajstić information content (AvgIpc) is 3.17. The van der Waals surface area contributed by atoms with Gasteiger partial charge in [-0.2, -0.15) is 0 Å². The van der Waals surface area contributed by atoms with Gasteiger partial charge in [-0.3, -0.25) is 5.32 Å². The highest BCUT2D eigenvalue weighted by Crippen LogP contribution is 2.66. The number of carbonyl (C=O) groups is 2. The summed E-state index contributed by atoms with van der Waals surface area (Å²) in [7, 11) is 3.90. The number of nitrogens with one attached hydrogen (secondary N) is 2. The van der Waals surface area contributed by atoms with E-state index in [1.165, 1.54) is 0 Å². The van der Waals surface area contributed by atoms with Crippen molar-refractivity contribution in [3.8, 4) is 11.5 Å². The molecule has 3 N–H and O–H groups in total. The zero-order valence-electron chi connectivity index (χ0n) is 24.7. The molecule has 5 rings (SSSR count). The fourth-order valence-electron chi connectivity index (χ4n) is 7.34. The topological polar surface area (TPSA) is 131 Å². The number of aromatic hydroxyl groups is 1. The molecule has 2 heterocycles. The van der Waals surface area contributed by atoms with Crippen molar-refractivity contribution < 1.29 is 33.6 Å². The molecule has 2 fully saturated rings. The number of phenols is 1. The second-order valence-electron chi connectivity index (χ2n) is 13.4. The van der Waals surface area contributed by atoms with E-state index in [2.05, 4.69) is 27.6 Å². The Hall–Kier alpha value is -3.05. The summed E-state index contributed by atoms with van der Waals surface area (Å²) in [6.45, 7) is 11.3. The third-order valence-corrected chi connectivity index (χ3v) is 8.59. The van der Waals surface area contributed by atoms with Crippen molar-refractivity contribution in [1.29, 1.82) is 0 Å². The number of methoxy groups -OCH3 is 1. The van der Waals surface area contributed by atoms with Gasteiger partial charge in [-0.15, -0.1) is 4.99 Å². The lowest BCUT2D eigenvalue weighted by Gasteiger charge is -2.65. The molecule has 0 radical (unpaired) electrons. The van der Waals surface area contributed by atoms with Gasteiger partial charge in [-0.25, -0.2) is 9.59 Å². The number of alkyl carbamates (subject to hydrolysis) is 1. The van der Waals surface area contributed by atoms with Crippen molar-refractivity contribution >= 4 is 18.1 Å². The maximum atomic E-state index is 12.7. The van der Waals surface area contributed by atoms with Gasteiger partial charge in [0, 0.05) is 18.7 Å². The molecule has 2 amide bonds. The van der Waals surface area contributed by atoms with E-state index in [0.29, 0.717) is 18.6 Å². The van der Waals surface area contributed by atoms with Gasteiger partial charge in [0.1, 0.15) is 17.3 Å². The molecule has 1 spiro atoms. The highest BCUT2D eigenvalue weighted by molar-refractivity contribution is 5.99. The summed E-state index contributed by atoms with van der Waals surface area (Å²) in [6, 6.07) is 3.45. The van der Waals surface area contributed by atoms with Crippen LogP contribution >= 0.6 is 0 Å². The number of likely N-dealkylation sites (tertiary alicyclic amines) is 1. The van der Waals surface area contributed by atoms with Crippen LogP contribution in [0.5, 0.6) is 11.5 Å². The Morgan fingerprint density at radius 1 is 1.12 bits per heavy atom. The van der Waals surface area contributed by atoms with Crippen LogP contribution in [0.1, 0.15) is 71.9 Å². The molecule has 11 heteroatoms. The predicted octanol–water partition coefficient (Wildman–Crippen LogP) is 3.60. The van der Waals surface area contributed by atoms with E-state index in [1.807, 2.05) is 6.07 Å². The summed E-state index contributed by atoms with van der Waals surface area (Å²) >= 11 is 0. The van der Waals surface area contributed by atoms with Gasteiger partial charge in [0.05, 0.1) is 17.1 Å². The minimum absolute atomic E-state index is 0.0842. The number of carbonyl (C=O) groups excluding carboxylic acids is 2. The van der Waals surface area contributed by atoms with Gasteiger partial charge in [0.25, 0.3) is 0 Å². The maximum absolute atomic E-state index is 12.7. The summed E-state index contributed by atoms with van der Waals surface area (Å²) < 4.78 is 23.9. The number of likely N-dealkylation sites (N-methyl/N-ethyl adjacent to an activating group) is 1. The van der Waals surface area contributed by atoms with Crippen LogP contribution in [0.3, 0.4) is 0 Å². The number of amides is 2. The van der Waals surface area contributed by atoms with E-state index in [1.54, 1.807) is 54.7 Å². The molecule has 11 nitrogen and oxygen atoms in total. The molecule has 40 heavy (non-hydrogen) atoms. The van der Waals surface area contributed by atoms with Crippen molar-refractivity contribution in [3.63, 3.8) is 0 Å². The zero-order valence-corrected chi connectivity index (χ0v) is 24.7. The number of piperidine rings is 1.